The average Bonchev–Trinajstić information content (AvgIpc) is 3.70. The Morgan fingerprint density at radius 3 is 1.88 bits per heavy atom. The quantitative estimate of drug-likeness (QED) is 0.181. The minimum Gasteiger partial charge on any atom is -0.319 e. The Labute approximate surface area is 288 Å². The van der Waals surface area contributed by atoms with E-state index in [-0.39, 0.29) is 0 Å². The van der Waals surface area contributed by atoms with E-state index in [1.165, 1.54) is 0 Å². The van der Waals surface area contributed by atoms with Crippen molar-refractivity contribution in [2.24, 2.45) is 0 Å². The van der Waals surface area contributed by atoms with Crippen LogP contribution in [0.3, 0.4) is 0 Å². The van der Waals surface area contributed by atoms with E-state index in [1.54, 1.807) is 0 Å². The van der Waals surface area contributed by atoms with Crippen molar-refractivity contribution in [1.29, 1.82) is 10.5 Å². The summed E-state index contributed by atoms with van der Waals surface area (Å²) in [5, 5.41) is 24.2. The van der Waals surface area contributed by atoms with Crippen molar-refractivity contribution in [1.82, 2.24) is 9.13 Å². The second-order valence-corrected chi connectivity index (χ2v) is 12.3. The molecule has 0 atom stereocenters. The molecule has 0 saturated heterocycles. The first-order valence-corrected chi connectivity index (χ1v) is 16.3. The zero-order chi connectivity index (χ0) is 33.8. The molecule has 230 valence electrons. The van der Waals surface area contributed by atoms with E-state index >= 15 is 0 Å². The monoisotopic (exact) mass is 635 g/mol. The first-order chi connectivity index (χ1) is 24.7. The Hall–Kier alpha value is -7.39. The number of para-hydroxylation sites is 4. The maximum absolute atomic E-state index is 10.4. The summed E-state index contributed by atoms with van der Waals surface area (Å²) in [6.07, 6.45) is 0. The summed E-state index contributed by atoms with van der Waals surface area (Å²) in [4.78, 5) is 3.83. The van der Waals surface area contributed by atoms with Crippen LogP contribution in [-0.4, -0.2) is 9.13 Å². The highest BCUT2D eigenvalue weighted by Crippen LogP contribution is 2.40. The van der Waals surface area contributed by atoms with Gasteiger partial charge in [-0.05, 0) is 70.6 Å². The number of fused-ring (bicyclic) bond motifs is 6. The van der Waals surface area contributed by atoms with Crippen molar-refractivity contribution >= 4 is 49.3 Å². The summed E-state index contributed by atoms with van der Waals surface area (Å²) in [6.45, 7) is 7.85. The number of hydrogen-bond acceptors (Lipinski definition) is 2. The van der Waals surface area contributed by atoms with Crippen molar-refractivity contribution in [3.63, 3.8) is 0 Å². The number of hydrogen-bond donors (Lipinski definition) is 0. The fourth-order valence-corrected chi connectivity index (χ4v) is 7.42. The summed E-state index contributed by atoms with van der Waals surface area (Å²) in [7, 11) is 0. The highest BCUT2D eigenvalue weighted by Gasteiger charge is 2.18. The van der Waals surface area contributed by atoms with Crippen LogP contribution in [0, 0.1) is 29.2 Å². The van der Waals surface area contributed by atoms with Gasteiger partial charge in [-0.3, -0.25) is 0 Å². The molecule has 0 spiro atoms. The van der Waals surface area contributed by atoms with Crippen LogP contribution in [0.4, 0.5) is 5.69 Å². The number of nitrogens with zero attached hydrogens (tertiary/aromatic N) is 5. The third-order valence-corrected chi connectivity index (χ3v) is 9.63. The summed E-state index contributed by atoms with van der Waals surface area (Å²) in [5.41, 5.74) is 11.5. The molecule has 50 heavy (non-hydrogen) atoms. The molecule has 0 bridgehead atoms. The van der Waals surface area contributed by atoms with E-state index < -0.39 is 0 Å². The number of rotatable bonds is 4. The molecule has 0 radical (unpaired) electrons. The molecule has 7 aromatic carbocycles. The maximum Gasteiger partial charge on any atom is 0.211 e. The third kappa shape index (κ3) is 4.31. The molecule has 2 aromatic heterocycles. The van der Waals surface area contributed by atoms with Crippen LogP contribution in [0.5, 0.6) is 0 Å². The standard InChI is InChI=1S/C45H25N5/c1-48-40-13-8-12-38-36-10-3-6-15-42(36)49(45(38)40)33-22-23-34(32(26-33)28-47)30-18-20-31(21-19-30)35-9-2-5-14-41(35)50-43-16-7-4-11-37(43)39-25-29(27-46)17-24-44(39)50/h2-26H. The summed E-state index contributed by atoms with van der Waals surface area (Å²) in [5.74, 6) is 0. The maximum atomic E-state index is 10.4. The fraction of sp³-hybridized carbons (Fsp3) is 0. The molecule has 5 nitrogen and oxygen atoms in total. The Bertz CT molecular complexity index is 2960. The Kier molecular flexibility index (Phi) is 6.56. The van der Waals surface area contributed by atoms with E-state index in [9.17, 15) is 10.5 Å². The van der Waals surface area contributed by atoms with Gasteiger partial charge in [-0.15, -0.1) is 0 Å². The smallest absolute Gasteiger partial charge is 0.211 e. The molecule has 9 aromatic rings. The minimum atomic E-state index is 0.559. The summed E-state index contributed by atoms with van der Waals surface area (Å²) < 4.78 is 4.37. The normalized spacial score (nSPS) is 11.1. The molecule has 0 N–H and O–H groups in total. The molecule has 0 unspecified atom stereocenters. The number of aromatic nitrogens is 2. The molecule has 5 heteroatoms. The molecule has 0 aliphatic heterocycles. The largest absolute Gasteiger partial charge is 0.319 e. The van der Waals surface area contributed by atoms with Gasteiger partial charge in [0.05, 0.1) is 57.6 Å². The van der Waals surface area contributed by atoms with Crippen LogP contribution < -0.4 is 0 Å². The van der Waals surface area contributed by atoms with Gasteiger partial charge >= 0.3 is 0 Å². The van der Waals surface area contributed by atoms with Gasteiger partial charge in [-0.1, -0.05) is 103 Å². The van der Waals surface area contributed by atoms with Crippen LogP contribution in [0.15, 0.2) is 152 Å². The first-order valence-electron chi connectivity index (χ1n) is 16.3. The summed E-state index contributed by atoms with van der Waals surface area (Å²) in [6, 6.07) is 55.6. The molecule has 9 rings (SSSR count). The van der Waals surface area contributed by atoms with Gasteiger partial charge in [0.1, 0.15) is 0 Å². The van der Waals surface area contributed by atoms with Gasteiger partial charge in [-0.2, -0.15) is 10.5 Å². The Balaban J connectivity index is 1.15. The second kappa shape index (κ2) is 11.4. The van der Waals surface area contributed by atoms with Gasteiger partial charge in [-0.25, -0.2) is 4.85 Å². The topological polar surface area (TPSA) is 61.8 Å². The van der Waals surface area contributed by atoms with Crippen LogP contribution in [0.1, 0.15) is 11.1 Å². The molecule has 0 aliphatic rings. The van der Waals surface area contributed by atoms with Crippen molar-refractivity contribution in [2.75, 3.05) is 0 Å². The van der Waals surface area contributed by atoms with Crippen LogP contribution in [0.2, 0.25) is 0 Å². The number of nitriles is 2. The second-order valence-electron chi connectivity index (χ2n) is 12.3. The van der Waals surface area contributed by atoms with Gasteiger partial charge in [0, 0.05) is 27.4 Å². The average molecular weight is 636 g/mol. The lowest BCUT2D eigenvalue weighted by molar-refractivity contribution is 1.18. The number of benzene rings is 7. The molecule has 0 aliphatic carbocycles. The van der Waals surface area contributed by atoms with Gasteiger partial charge in [0.2, 0.25) is 5.69 Å². The van der Waals surface area contributed by atoms with Gasteiger partial charge in [0.25, 0.3) is 0 Å². The Morgan fingerprint density at radius 1 is 0.500 bits per heavy atom. The van der Waals surface area contributed by atoms with E-state index in [0.717, 1.165) is 77.2 Å². The van der Waals surface area contributed by atoms with Crippen LogP contribution >= 0.6 is 0 Å². The lowest BCUT2D eigenvalue weighted by Gasteiger charge is -2.15. The Morgan fingerprint density at radius 2 is 1.14 bits per heavy atom. The highest BCUT2D eigenvalue weighted by molar-refractivity contribution is 6.13. The third-order valence-electron chi connectivity index (χ3n) is 9.63. The minimum absolute atomic E-state index is 0.559. The van der Waals surface area contributed by atoms with Crippen LogP contribution in [0.25, 0.3) is 82.1 Å². The van der Waals surface area contributed by atoms with E-state index in [1.807, 2.05) is 78.9 Å². The molecular weight excluding hydrogens is 611 g/mol. The van der Waals surface area contributed by atoms with E-state index in [2.05, 4.69) is 98.9 Å². The molecule has 0 fully saturated rings. The van der Waals surface area contributed by atoms with Crippen molar-refractivity contribution in [3.8, 4) is 45.8 Å². The van der Waals surface area contributed by atoms with Gasteiger partial charge < -0.3 is 9.13 Å². The zero-order valence-electron chi connectivity index (χ0n) is 26.7. The molecule has 0 amide bonds. The fourth-order valence-electron chi connectivity index (χ4n) is 7.42. The van der Waals surface area contributed by atoms with E-state index in [4.69, 9.17) is 6.57 Å². The SMILES string of the molecule is [C-]#[N+]c1cccc2c3ccccc3n(-c3ccc(-c4ccc(-c5ccccc5-n5c6ccccc6c6cc(C#N)ccc65)cc4)c(C#N)c3)c12. The van der Waals surface area contributed by atoms with Crippen molar-refractivity contribution in [2.45, 2.75) is 0 Å². The first kappa shape index (κ1) is 28.8. The van der Waals surface area contributed by atoms with Crippen molar-refractivity contribution < 1.29 is 0 Å². The predicted octanol–water partition coefficient (Wildman–Crippen LogP) is 11.5. The van der Waals surface area contributed by atoms with E-state index in [0.29, 0.717) is 16.8 Å². The lowest BCUT2D eigenvalue weighted by atomic mass is 9.96. The zero-order valence-corrected chi connectivity index (χ0v) is 26.7. The predicted molar refractivity (Wildman–Crippen MR) is 202 cm³/mol. The molecule has 2 heterocycles. The summed E-state index contributed by atoms with van der Waals surface area (Å²) >= 11 is 0. The highest BCUT2D eigenvalue weighted by atomic mass is 15.0. The van der Waals surface area contributed by atoms with Crippen molar-refractivity contribution in [3.05, 3.63) is 174 Å². The van der Waals surface area contributed by atoms with Crippen LogP contribution in [-0.2, 0) is 0 Å². The lowest BCUT2D eigenvalue weighted by Crippen LogP contribution is -1.97. The van der Waals surface area contributed by atoms with Gasteiger partial charge in [0.15, 0.2) is 0 Å². The molecule has 0 saturated carbocycles. The molecular formula is C45H25N5.